The minimum Gasteiger partial charge on any atom is -0.482 e. The van der Waals surface area contributed by atoms with Gasteiger partial charge in [-0.1, -0.05) is 42.5 Å². The highest BCUT2D eigenvalue weighted by Gasteiger charge is 2.10. The highest BCUT2D eigenvalue weighted by atomic mass is 16.6. The third-order valence-corrected chi connectivity index (χ3v) is 4.15. The van der Waals surface area contributed by atoms with E-state index in [1.54, 1.807) is 0 Å². The van der Waals surface area contributed by atoms with Gasteiger partial charge in [0.15, 0.2) is 6.61 Å². The van der Waals surface area contributed by atoms with Crippen LogP contribution in [-0.2, 0) is 22.7 Å². The zero-order chi connectivity index (χ0) is 20.6. The van der Waals surface area contributed by atoms with Gasteiger partial charge in [-0.25, -0.2) is 4.79 Å². The molecular weight excluding hydrogens is 372 g/mol. The van der Waals surface area contributed by atoms with Crippen LogP contribution in [0.4, 0.5) is 0 Å². The van der Waals surface area contributed by atoms with E-state index in [-0.39, 0.29) is 36.8 Å². The second kappa shape index (κ2) is 9.59. The van der Waals surface area contributed by atoms with Gasteiger partial charge in [-0.3, -0.25) is 4.79 Å². The molecule has 1 heterocycles. The van der Waals surface area contributed by atoms with E-state index in [4.69, 9.17) is 18.6 Å². The smallest absolute Gasteiger partial charge is 0.344 e. The molecule has 2 aromatic carbocycles. The maximum atomic E-state index is 12.1. The van der Waals surface area contributed by atoms with Gasteiger partial charge in [0.1, 0.15) is 31.0 Å². The van der Waals surface area contributed by atoms with Gasteiger partial charge in [-0.05, 0) is 36.6 Å². The van der Waals surface area contributed by atoms with Gasteiger partial charge in [0.2, 0.25) is 11.2 Å². The molecule has 0 aliphatic carbocycles. The van der Waals surface area contributed by atoms with Crippen molar-refractivity contribution in [3.05, 3.63) is 93.5 Å². The predicted octanol–water partition coefficient (Wildman–Crippen LogP) is 3.96. The van der Waals surface area contributed by atoms with Gasteiger partial charge in [0.05, 0.1) is 0 Å². The molecule has 0 saturated heterocycles. The summed E-state index contributed by atoms with van der Waals surface area (Å²) in [5.41, 5.74) is 2.56. The predicted molar refractivity (Wildman–Crippen MR) is 107 cm³/mol. The lowest BCUT2D eigenvalue weighted by Crippen LogP contribution is -2.16. The molecule has 3 rings (SSSR count). The van der Waals surface area contributed by atoms with Crippen molar-refractivity contribution in [3.63, 3.8) is 0 Å². The van der Waals surface area contributed by atoms with Crippen molar-refractivity contribution >= 4 is 5.97 Å². The van der Waals surface area contributed by atoms with Crippen molar-refractivity contribution in [2.45, 2.75) is 27.1 Å². The van der Waals surface area contributed by atoms with Gasteiger partial charge < -0.3 is 18.6 Å². The highest BCUT2D eigenvalue weighted by Crippen LogP contribution is 2.19. The number of benzene rings is 2. The number of esters is 1. The minimum absolute atomic E-state index is 0.0992. The zero-order valence-electron chi connectivity index (χ0n) is 16.3. The fourth-order valence-corrected chi connectivity index (χ4v) is 2.55. The molecule has 0 unspecified atom stereocenters. The SMILES string of the molecule is Cc1ccc(C)c(OCC(=O)OCc2cc(=O)c(OCc3ccccc3)co2)c1. The molecule has 0 radical (unpaired) electrons. The largest absolute Gasteiger partial charge is 0.482 e. The summed E-state index contributed by atoms with van der Waals surface area (Å²) in [5.74, 6) is 0.399. The van der Waals surface area contributed by atoms with Crippen LogP contribution in [-0.4, -0.2) is 12.6 Å². The molecule has 0 N–H and O–H groups in total. The van der Waals surface area contributed by atoms with Crippen LogP contribution in [0.2, 0.25) is 0 Å². The average Bonchev–Trinajstić information content (AvgIpc) is 2.73. The number of ether oxygens (including phenoxy) is 3. The number of carbonyl (C=O) groups excluding carboxylic acids is 1. The first-order valence-corrected chi connectivity index (χ1v) is 9.15. The van der Waals surface area contributed by atoms with E-state index >= 15 is 0 Å². The van der Waals surface area contributed by atoms with Crippen LogP contribution >= 0.6 is 0 Å². The Bertz CT molecular complexity index is 1020. The Kier molecular flexibility index (Phi) is 6.68. The van der Waals surface area contributed by atoms with Crippen LogP contribution in [0.3, 0.4) is 0 Å². The van der Waals surface area contributed by atoms with Crippen LogP contribution in [0.1, 0.15) is 22.5 Å². The number of rotatable bonds is 8. The number of carbonyl (C=O) groups is 1. The van der Waals surface area contributed by atoms with Crippen molar-refractivity contribution < 1.29 is 23.4 Å². The van der Waals surface area contributed by atoms with Crippen LogP contribution in [0, 0.1) is 13.8 Å². The third-order valence-electron chi connectivity index (χ3n) is 4.15. The Morgan fingerprint density at radius 1 is 0.931 bits per heavy atom. The van der Waals surface area contributed by atoms with Crippen molar-refractivity contribution in [3.8, 4) is 11.5 Å². The molecule has 0 bridgehead atoms. The summed E-state index contributed by atoms with van der Waals surface area (Å²) in [6, 6.07) is 16.5. The summed E-state index contributed by atoms with van der Waals surface area (Å²) in [7, 11) is 0. The number of hydrogen-bond donors (Lipinski definition) is 0. The topological polar surface area (TPSA) is 75.0 Å². The van der Waals surface area contributed by atoms with Gasteiger partial charge in [-0.15, -0.1) is 0 Å². The summed E-state index contributed by atoms with van der Waals surface area (Å²) in [4.78, 5) is 24.0. The van der Waals surface area contributed by atoms with Crippen LogP contribution < -0.4 is 14.9 Å². The van der Waals surface area contributed by atoms with Gasteiger partial charge in [0.25, 0.3) is 0 Å². The Morgan fingerprint density at radius 2 is 1.72 bits per heavy atom. The first-order valence-electron chi connectivity index (χ1n) is 9.15. The molecule has 0 aliphatic rings. The molecule has 6 nitrogen and oxygen atoms in total. The Morgan fingerprint density at radius 3 is 2.48 bits per heavy atom. The molecule has 1 aromatic heterocycles. The summed E-state index contributed by atoms with van der Waals surface area (Å²) >= 11 is 0. The number of aryl methyl sites for hydroxylation is 2. The fraction of sp³-hybridized carbons (Fsp3) is 0.217. The molecule has 0 spiro atoms. The summed E-state index contributed by atoms with van der Waals surface area (Å²) < 4.78 is 21.4. The van der Waals surface area contributed by atoms with Crippen molar-refractivity contribution in [1.29, 1.82) is 0 Å². The lowest BCUT2D eigenvalue weighted by atomic mass is 10.1. The van der Waals surface area contributed by atoms with Crippen LogP contribution in [0.25, 0.3) is 0 Å². The third kappa shape index (κ3) is 5.97. The zero-order valence-corrected chi connectivity index (χ0v) is 16.3. The van der Waals surface area contributed by atoms with Crippen molar-refractivity contribution in [1.82, 2.24) is 0 Å². The second-order valence-electron chi connectivity index (χ2n) is 6.57. The molecular formula is C23H22O6. The molecule has 0 aliphatic heterocycles. The Hall–Kier alpha value is -3.54. The molecule has 29 heavy (non-hydrogen) atoms. The highest BCUT2D eigenvalue weighted by molar-refractivity contribution is 5.71. The lowest BCUT2D eigenvalue weighted by molar-refractivity contribution is -0.147. The minimum atomic E-state index is -0.557. The van der Waals surface area contributed by atoms with E-state index in [1.807, 2.05) is 62.4 Å². The fourth-order valence-electron chi connectivity index (χ4n) is 2.55. The summed E-state index contributed by atoms with van der Waals surface area (Å²) in [6.45, 7) is 3.71. The summed E-state index contributed by atoms with van der Waals surface area (Å²) in [5, 5.41) is 0. The average molecular weight is 394 g/mol. The Balaban J connectivity index is 1.49. The van der Waals surface area contributed by atoms with E-state index in [1.165, 1.54) is 12.3 Å². The first kappa shape index (κ1) is 20.2. The van der Waals surface area contributed by atoms with Crippen molar-refractivity contribution in [2.24, 2.45) is 0 Å². The molecule has 0 fully saturated rings. The molecule has 150 valence electrons. The maximum absolute atomic E-state index is 12.1. The monoisotopic (exact) mass is 394 g/mol. The Labute approximate surface area is 168 Å². The van der Waals surface area contributed by atoms with E-state index < -0.39 is 5.97 Å². The molecule has 0 amide bonds. The van der Waals surface area contributed by atoms with Gasteiger partial charge in [-0.2, -0.15) is 0 Å². The quantitative estimate of drug-likeness (QED) is 0.539. The normalized spacial score (nSPS) is 10.4. The standard InChI is InChI=1S/C23H22O6/c1-16-8-9-17(2)21(10-16)28-15-23(25)29-13-19-11-20(24)22(14-26-19)27-12-18-6-4-3-5-7-18/h3-11,14H,12-13,15H2,1-2H3. The van der Waals surface area contributed by atoms with Crippen molar-refractivity contribution in [2.75, 3.05) is 6.61 Å². The lowest BCUT2D eigenvalue weighted by Gasteiger charge is -2.10. The molecule has 0 atom stereocenters. The second-order valence-corrected chi connectivity index (χ2v) is 6.57. The van der Waals surface area contributed by atoms with Crippen LogP contribution in [0.5, 0.6) is 11.5 Å². The van der Waals surface area contributed by atoms with E-state index in [9.17, 15) is 9.59 Å². The first-order chi connectivity index (χ1) is 14.0. The van der Waals surface area contributed by atoms with Crippen LogP contribution in [0.15, 0.2) is 70.1 Å². The molecule has 6 heteroatoms. The van der Waals surface area contributed by atoms with E-state index in [2.05, 4.69) is 0 Å². The maximum Gasteiger partial charge on any atom is 0.344 e. The molecule has 3 aromatic rings. The van der Waals surface area contributed by atoms with E-state index in [0.29, 0.717) is 5.75 Å². The molecule has 0 saturated carbocycles. The van der Waals surface area contributed by atoms with Gasteiger partial charge in [0, 0.05) is 6.07 Å². The summed E-state index contributed by atoms with van der Waals surface area (Å²) in [6.07, 6.45) is 1.22. The van der Waals surface area contributed by atoms with E-state index in [0.717, 1.165) is 16.7 Å². The number of hydrogen-bond acceptors (Lipinski definition) is 6. The van der Waals surface area contributed by atoms with Gasteiger partial charge >= 0.3 is 5.97 Å².